The highest BCUT2D eigenvalue weighted by Crippen LogP contribution is 2.38. The lowest BCUT2D eigenvalue weighted by molar-refractivity contribution is 0.492. The lowest BCUT2D eigenvalue weighted by Gasteiger charge is -2.36. The van der Waals surface area contributed by atoms with Crippen LogP contribution in [0.3, 0.4) is 0 Å². The molecule has 0 atom stereocenters. The first kappa shape index (κ1) is 19.9. The van der Waals surface area contributed by atoms with Gasteiger partial charge in [0.05, 0.1) is 0 Å². The monoisotopic (exact) mass is 392 g/mol. The van der Waals surface area contributed by atoms with Gasteiger partial charge in [0.1, 0.15) is 5.75 Å². The molecule has 0 amide bonds. The van der Waals surface area contributed by atoms with Gasteiger partial charge in [0.15, 0.2) is 0 Å². The average molecular weight is 393 g/mol. The molecule has 0 aliphatic heterocycles. The molecule has 3 aromatic carbocycles. The Morgan fingerprint density at radius 3 is 1.44 bits per heavy atom. The Bertz CT molecular complexity index is 813. The zero-order chi connectivity index (χ0) is 19.5. The molecule has 0 heterocycles. The van der Waals surface area contributed by atoms with E-state index in [1.165, 1.54) is 15.9 Å². The summed E-state index contributed by atoms with van der Waals surface area (Å²) >= 11 is 0. The first-order valence-corrected chi connectivity index (χ1v) is 13.7. The van der Waals surface area contributed by atoms with Gasteiger partial charge in [-0.3, -0.25) is 0 Å². The first-order valence-electron chi connectivity index (χ1n) is 9.47. The second-order valence-electron chi connectivity index (χ2n) is 8.36. The van der Waals surface area contributed by atoms with Gasteiger partial charge >= 0.3 is 0 Å². The summed E-state index contributed by atoms with van der Waals surface area (Å²) in [4.78, 5) is 0. The van der Waals surface area contributed by atoms with Crippen molar-refractivity contribution in [3.63, 3.8) is 0 Å². The van der Waals surface area contributed by atoms with Crippen LogP contribution in [-0.2, 0) is 0 Å². The van der Waals surface area contributed by atoms with E-state index < -0.39 is 16.2 Å². The third-order valence-corrected chi connectivity index (χ3v) is 12.1. The molecule has 27 heavy (non-hydrogen) atoms. The van der Waals surface area contributed by atoms with Gasteiger partial charge in [-0.15, -0.1) is 0 Å². The van der Waals surface area contributed by atoms with Gasteiger partial charge in [-0.2, -0.15) is 0 Å². The smallest absolute Gasteiger partial charge is 0.250 e. The predicted octanol–water partition coefficient (Wildman–Crippen LogP) is 5.83. The second kappa shape index (κ2) is 8.00. The molecule has 3 rings (SSSR count). The zero-order valence-corrected chi connectivity index (χ0v) is 18.8. The van der Waals surface area contributed by atoms with Crippen LogP contribution in [0, 0.1) is 0 Å². The first-order chi connectivity index (χ1) is 12.8. The minimum absolute atomic E-state index is 0.201. The minimum atomic E-state index is -1.81. The van der Waals surface area contributed by atoms with Gasteiger partial charge in [-0.25, -0.2) is 0 Å². The zero-order valence-electron chi connectivity index (χ0n) is 16.9. The summed E-state index contributed by atoms with van der Waals surface area (Å²) < 4.78 is 6.46. The minimum Gasteiger partial charge on any atom is -0.544 e. The maximum absolute atomic E-state index is 6.46. The molecule has 1 nitrogen and oxygen atoms in total. The molecule has 3 aromatic rings. The molecule has 3 heteroatoms. The third kappa shape index (κ3) is 4.69. The molecular weight excluding hydrogens is 363 g/mol. The van der Waals surface area contributed by atoms with E-state index in [0.717, 1.165) is 5.75 Å². The molecule has 0 aliphatic carbocycles. The van der Waals surface area contributed by atoms with Gasteiger partial charge < -0.3 is 4.43 Å². The maximum Gasteiger partial charge on any atom is 0.250 e. The standard InChI is InChI=1S/C24H29OPSi/c1-24(2,3)27(4,5)25-20-16-18-23(19-17-20)26(21-12-8-6-9-13-21)22-14-10-7-11-15-22/h6-19H,1-5H3. The van der Waals surface area contributed by atoms with Crippen molar-refractivity contribution in [2.75, 3.05) is 0 Å². The molecule has 0 aliphatic rings. The SMILES string of the molecule is CC(C)(C)[Si](C)(C)Oc1ccc(P(c2ccccc2)c2ccccc2)cc1. The summed E-state index contributed by atoms with van der Waals surface area (Å²) in [5, 5.41) is 4.30. The number of benzene rings is 3. The summed E-state index contributed by atoms with van der Waals surface area (Å²) in [6, 6.07) is 30.4. The quantitative estimate of drug-likeness (QED) is 0.392. The summed E-state index contributed by atoms with van der Waals surface area (Å²) in [6.45, 7) is 11.4. The van der Waals surface area contributed by atoms with Crippen molar-refractivity contribution in [2.24, 2.45) is 0 Å². The number of rotatable bonds is 5. The van der Waals surface area contributed by atoms with E-state index in [1.54, 1.807) is 0 Å². The summed E-state index contributed by atoms with van der Waals surface area (Å²) in [7, 11) is -2.37. The van der Waals surface area contributed by atoms with Crippen LogP contribution >= 0.6 is 7.92 Å². The van der Waals surface area contributed by atoms with E-state index in [9.17, 15) is 0 Å². The Hall–Kier alpha value is -1.89. The molecule has 0 bridgehead atoms. The highest BCUT2D eigenvalue weighted by molar-refractivity contribution is 7.79. The van der Waals surface area contributed by atoms with Gasteiger partial charge in [0.25, 0.3) is 0 Å². The largest absolute Gasteiger partial charge is 0.544 e. The van der Waals surface area contributed by atoms with Crippen molar-refractivity contribution >= 4 is 32.2 Å². The van der Waals surface area contributed by atoms with Crippen molar-refractivity contribution in [1.82, 2.24) is 0 Å². The Kier molecular flexibility index (Phi) is 5.88. The van der Waals surface area contributed by atoms with E-state index in [0.29, 0.717) is 0 Å². The maximum atomic E-state index is 6.46. The van der Waals surface area contributed by atoms with Crippen LogP contribution in [-0.4, -0.2) is 8.32 Å². The lowest BCUT2D eigenvalue weighted by atomic mass is 10.2. The molecule has 0 saturated heterocycles. The topological polar surface area (TPSA) is 9.23 Å². The summed E-state index contributed by atoms with van der Waals surface area (Å²) in [5.41, 5.74) is 0. The van der Waals surface area contributed by atoms with E-state index in [-0.39, 0.29) is 5.04 Å². The fraction of sp³-hybridized carbons (Fsp3) is 0.250. The molecule has 0 N–H and O–H groups in total. The van der Waals surface area contributed by atoms with Crippen LogP contribution in [0.25, 0.3) is 0 Å². The Morgan fingerprint density at radius 2 is 1.04 bits per heavy atom. The molecule has 140 valence electrons. The van der Waals surface area contributed by atoms with E-state index in [2.05, 4.69) is 119 Å². The third-order valence-electron chi connectivity index (χ3n) is 5.30. The van der Waals surface area contributed by atoms with Gasteiger partial charge in [-0.05, 0) is 54.1 Å². The highest BCUT2D eigenvalue weighted by Gasteiger charge is 2.38. The van der Waals surface area contributed by atoms with Crippen LogP contribution in [0.1, 0.15) is 20.8 Å². The van der Waals surface area contributed by atoms with Gasteiger partial charge in [-0.1, -0.05) is 93.6 Å². The van der Waals surface area contributed by atoms with Crippen LogP contribution < -0.4 is 20.3 Å². The van der Waals surface area contributed by atoms with E-state index in [4.69, 9.17) is 4.43 Å². The van der Waals surface area contributed by atoms with E-state index >= 15 is 0 Å². The Balaban J connectivity index is 1.93. The number of hydrogen-bond donors (Lipinski definition) is 0. The van der Waals surface area contributed by atoms with Crippen molar-refractivity contribution < 1.29 is 4.43 Å². The average Bonchev–Trinajstić information content (AvgIpc) is 2.64. The normalized spacial score (nSPS) is 12.2. The van der Waals surface area contributed by atoms with Crippen molar-refractivity contribution in [3.8, 4) is 5.75 Å². The van der Waals surface area contributed by atoms with Crippen LogP contribution in [0.5, 0.6) is 5.75 Å². The molecule has 0 unspecified atom stereocenters. The lowest BCUT2D eigenvalue weighted by Crippen LogP contribution is -2.43. The van der Waals surface area contributed by atoms with Gasteiger partial charge in [0.2, 0.25) is 8.32 Å². The van der Waals surface area contributed by atoms with Crippen LogP contribution in [0.15, 0.2) is 84.9 Å². The van der Waals surface area contributed by atoms with Crippen LogP contribution in [0.4, 0.5) is 0 Å². The molecule has 0 spiro atoms. The molecule has 0 radical (unpaired) electrons. The molecule has 0 saturated carbocycles. The van der Waals surface area contributed by atoms with Crippen molar-refractivity contribution in [2.45, 2.75) is 38.9 Å². The summed E-state index contributed by atoms with van der Waals surface area (Å²) in [5.74, 6) is 0.987. The molecule has 0 aromatic heterocycles. The molecule has 0 fully saturated rings. The van der Waals surface area contributed by atoms with E-state index in [1.807, 2.05) is 0 Å². The van der Waals surface area contributed by atoms with Crippen molar-refractivity contribution in [3.05, 3.63) is 84.9 Å². The highest BCUT2D eigenvalue weighted by atomic mass is 31.1. The van der Waals surface area contributed by atoms with Crippen molar-refractivity contribution in [1.29, 1.82) is 0 Å². The fourth-order valence-corrected chi connectivity index (χ4v) is 6.03. The number of hydrogen-bond acceptors (Lipinski definition) is 1. The Morgan fingerprint density at radius 1 is 0.630 bits per heavy atom. The molecular formula is C24H29OPSi. The van der Waals surface area contributed by atoms with Crippen LogP contribution in [0.2, 0.25) is 18.1 Å². The fourth-order valence-electron chi connectivity index (χ4n) is 2.71. The van der Waals surface area contributed by atoms with Gasteiger partial charge in [0, 0.05) is 0 Å². The predicted molar refractivity (Wildman–Crippen MR) is 123 cm³/mol. The Labute approximate surface area is 166 Å². The second-order valence-corrected chi connectivity index (χ2v) is 15.3. The summed E-state index contributed by atoms with van der Waals surface area (Å²) in [6.07, 6.45) is 0.